The number of ether oxygens (including phenoxy) is 1. The zero-order valence-corrected chi connectivity index (χ0v) is 13.4. The van der Waals surface area contributed by atoms with E-state index in [-0.39, 0.29) is 19.1 Å². The highest BCUT2D eigenvalue weighted by molar-refractivity contribution is 5.95. The number of rotatable bonds is 9. The van der Waals surface area contributed by atoms with Crippen molar-refractivity contribution in [1.82, 2.24) is 15.5 Å². The average Bonchev–Trinajstić information content (AvgIpc) is 2.37. The van der Waals surface area contributed by atoms with Crippen molar-refractivity contribution in [3.05, 3.63) is 0 Å². The number of amides is 3. The smallest absolute Gasteiger partial charge is 0.321 e. The van der Waals surface area contributed by atoms with E-state index < -0.39 is 11.9 Å². The molecule has 21 heavy (non-hydrogen) atoms. The van der Waals surface area contributed by atoms with Crippen molar-refractivity contribution in [3.63, 3.8) is 0 Å². The van der Waals surface area contributed by atoms with Crippen LogP contribution in [0.1, 0.15) is 34.1 Å². The lowest BCUT2D eigenvalue weighted by atomic mass is 10.1. The van der Waals surface area contributed by atoms with Gasteiger partial charge in [-0.15, -0.1) is 0 Å². The summed E-state index contributed by atoms with van der Waals surface area (Å²) in [6.07, 6.45) is 0.853. The predicted molar refractivity (Wildman–Crippen MR) is 79.7 cm³/mol. The maximum atomic E-state index is 11.7. The summed E-state index contributed by atoms with van der Waals surface area (Å²) in [6, 6.07) is -0.507. The van der Waals surface area contributed by atoms with Crippen molar-refractivity contribution in [3.8, 4) is 0 Å². The largest absolute Gasteiger partial charge is 0.465 e. The van der Waals surface area contributed by atoms with Gasteiger partial charge in [-0.25, -0.2) is 4.79 Å². The Morgan fingerprint density at radius 2 is 1.81 bits per heavy atom. The Hall–Kier alpha value is -1.63. The Labute approximate surface area is 126 Å². The molecule has 0 aromatic rings. The lowest BCUT2D eigenvalue weighted by Gasteiger charge is -2.18. The van der Waals surface area contributed by atoms with Gasteiger partial charge in [0.25, 0.3) is 0 Å². The van der Waals surface area contributed by atoms with E-state index in [2.05, 4.69) is 24.5 Å². The molecule has 7 nitrogen and oxygen atoms in total. The van der Waals surface area contributed by atoms with Crippen LogP contribution >= 0.6 is 0 Å². The molecule has 0 radical (unpaired) electrons. The standard InChI is InChI=1S/C14H27N3O4/c1-5-17(10-13(19)21-6-2)9-12(18)16-14(20)15-8-7-11(3)4/h11H,5-10H2,1-4H3,(H2,15,16,18,20). The summed E-state index contributed by atoms with van der Waals surface area (Å²) in [5.74, 6) is -0.335. The number of carbonyl (C=O) groups excluding carboxylic acids is 3. The topological polar surface area (TPSA) is 87.7 Å². The van der Waals surface area contributed by atoms with Crippen molar-refractivity contribution in [1.29, 1.82) is 0 Å². The highest BCUT2D eigenvalue weighted by Gasteiger charge is 2.15. The summed E-state index contributed by atoms with van der Waals surface area (Å²) in [5.41, 5.74) is 0. The van der Waals surface area contributed by atoms with Crippen LogP contribution in [0.4, 0.5) is 4.79 Å². The second-order valence-electron chi connectivity index (χ2n) is 5.09. The molecule has 0 atom stereocenters. The van der Waals surface area contributed by atoms with Crippen LogP contribution in [0.5, 0.6) is 0 Å². The van der Waals surface area contributed by atoms with E-state index >= 15 is 0 Å². The minimum atomic E-state index is -0.507. The normalized spacial score (nSPS) is 10.6. The van der Waals surface area contributed by atoms with Crippen molar-refractivity contribution in [2.75, 3.05) is 32.8 Å². The fourth-order valence-electron chi connectivity index (χ4n) is 1.56. The first-order valence-corrected chi connectivity index (χ1v) is 7.34. The Morgan fingerprint density at radius 1 is 1.14 bits per heavy atom. The Kier molecular flexibility index (Phi) is 10.2. The van der Waals surface area contributed by atoms with E-state index in [9.17, 15) is 14.4 Å². The summed E-state index contributed by atoms with van der Waals surface area (Å²) in [6.45, 7) is 9.02. The zero-order chi connectivity index (χ0) is 16.3. The molecule has 0 aromatic carbocycles. The van der Waals surface area contributed by atoms with E-state index in [1.165, 1.54) is 0 Å². The van der Waals surface area contributed by atoms with Gasteiger partial charge in [-0.05, 0) is 25.8 Å². The molecule has 0 aliphatic rings. The number of likely N-dealkylation sites (N-methyl/N-ethyl adjacent to an activating group) is 1. The van der Waals surface area contributed by atoms with Crippen molar-refractivity contribution in [2.24, 2.45) is 5.92 Å². The number of nitrogens with one attached hydrogen (secondary N) is 2. The van der Waals surface area contributed by atoms with Crippen LogP contribution in [0.2, 0.25) is 0 Å². The molecule has 0 rings (SSSR count). The molecule has 122 valence electrons. The third kappa shape index (κ3) is 10.8. The minimum absolute atomic E-state index is 0.0209. The van der Waals surface area contributed by atoms with Crippen LogP contribution in [-0.4, -0.2) is 55.6 Å². The van der Waals surface area contributed by atoms with E-state index in [4.69, 9.17) is 4.74 Å². The third-order valence-corrected chi connectivity index (χ3v) is 2.73. The van der Waals surface area contributed by atoms with Gasteiger partial charge in [0.2, 0.25) is 5.91 Å². The van der Waals surface area contributed by atoms with Crippen molar-refractivity contribution in [2.45, 2.75) is 34.1 Å². The number of esters is 1. The highest BCUT2D eigenvalue weighted by Crippen LogP contribution is 1.96. The van der Waals surface area contributed by atoms with Gasteiger partial charge in [-0.1, -0.05) is 20.8 Å². The Bertz CT molecular complexity index is 345. The molecule has 0 bridgehead atoms. The second-order valence-corrected chi connectivity index (χ2v) is 5.09. The fourth-order valence-corrected chi connectivity index (χ4v) is 1.56. The van der Waals surface area contributed by atoms with Gasteiger partial charge >= 0.3 is 12.0 Å². The van der Waals surface area contributed by atoms with E-state index in [1.807, 2.05) is 6.92 Å². The second kappa shape index (κ2) is 11.1. The number of imide groups is 1. The lowest BCUT2D eigenvalue weighted by Crippen LogP contribution is -2.45. The molecular formula is C14H27N3O4. The molecule has 0 aliphatic heterocycles. The molecule has 0 saturated heterocycles. The molecule has 0 fully saturated rings. The Balaban J connectivity index is 4.03. The van der Waals surface area contributed by atoms with Crippen LogP contribution < -0.4 is 10.6 Å². The van der Waals surface area contributed by atoms with Crippen LogP contribution in [0.15, 0.2) is 0 Å². The quantitative estimate of drug-likeness (QED) is 0.613. The summed E-state index contributed by atoms with van der Waals surface area (Å²) in [5, 5.41) is 4.86. The molecular weight excluding hydrogens is 274 g/mol. The number of hydrogen-bond donors (Lipinski definition) is 2. The maximum Gasteiger partial charge on any atom is 0.321 e. The highest BCUT2D eigenvalue weighted by atomic mass is 16.5. The predicted octanol–water partition coefficient (Wildman–Crippen LogP) is 0.743. The molecule has 7 heteroatoms. The van der Waals surface area contributed by atoms with Gasteiger partial charge < -0.3 is 10.1 Å². The average molecular weight is 301 g/mol. The Morgan fingerprint density at radius 3 is 2.33 bits per heavy atom. The van der Waals surface area contributed by atoms with Crippen molar-refractivity contribution < 1.29 is 19.1 Å². The van der Waals surface area contributed by atoms with Crippen LogP contribution in [-0.2, 0) is 14.3 Å². The van der Waals surface area contributed by atoms with Gasteiger partial charge in [-0.2, -0.15) is 0 Å². The molecule has 3 amide bonds. The van der Waals surface area contributed by atoms with Crippen LogP contribution in [0.25, 0.3) is 0 Å². The first-order valence-electron chi connectivity index (χ1n) is 7.34. The van der Waals surface area contributed by atoms with Crippen LogP contribution in [0, 0.1) is 5.92 Å². The minimum Gasteiger partial charge on any atom is -0.465 e. The van der Waals surface area contributed by atoms with Gasteiger partial charge in [-0.3, -0.25) is 19.8 Å². The van der Waals surface area contributed by atoms with Crippen LogP contribution in [0.3, 0.4) is 0 Å². The van der Waals surface area contributed by atoms with E-state index in [0.717, 1.165) is 6.42 Å². The lowest BCUT2D eigenvalue weighted by molar-refractivity contribution is -0.144. The number of hydrogen-bond acceptors (Lipinski definition) is 5. The summed E-state index contributed by atoms with van der Waals surface area (Å²) < 4.78 is 4.82. The molecule has 2 N–H and O–H groups in total. The van der Waals surface area contributed by atoms with E-state index in [1.54, 1.807) is 11.8 Å². The first-order chi connectivity index (χ1) is 9.88. The maximum absolute atomic E-state index is 11.7. The van der Waals surface area contributed by atoms with Gasteiger partial charge in [0.15, 0.2) is 0 Å². The fraction of sp³-hybridized carbons (Fsp3) is 0.786. The SMILES string of the molecule is CCOC(=O)CN(CC)CC(=O)NC(=O)NCCC(C)C. The van der Waals surface area contributed by atoms with Gasteiger partial charge in [0.1, 0.15) is 0 Å². The summed E-state index contributed by atoms with van der Waals surface area (Å²) in [7, 11) is 0. The molecule has 0 unspecified atom stereocenters. The summed E-state index contributed by atoms with van der Waals surface area (Å²) >= 11 is 0. The third-order valence-electron chi connectivity index (χ3n) is 2.73. The van der Waals surface area contributed by atoms with Crippen molar-refractivity contribution >= 4 is 17.9 Å². The monoisotopic (exact) mass is 301 g/mol. The molecule has 0 spiro atoms. The van der Waals surface area contributed by atoms with E-state index in [0.29, 0.717) is 25.6 Å². The first kappa shape index (κ1) is 19.4. The number of carbonyl (C=O) groups is 3. The van der Waals surface area contributed by atoms with Gasteiger partial charge in [0.05, 0.1) is 19.7 Å². The molecule has 0 heterocycles. The zero-order valence-electron chi connectivity index (χ0n) is 13.4. The molecule has 0 aliphatic carbocycles. The molecule has 0 aromatic heterocycles. The molecule has 0 saturated carbocycles. The summed E-state index contributed by atoms with van der Waals surface area (Å²) in [4.78, 5) is 36.1. The van der Waals surface area contributed by atoms with Gasteiger partial charge in [0, 0.05) is 6.54 Å². The number of urea groups is 1. The number of nitrogens with zero attached hydrogens (tertiary/aromatic N) is 1.